The third-order valence-electron chi connectivity index (χ3n) is 3.58. The average molecular weight is 181 g/mol. The molecule has 0 unspecified atom stereocenters. The van der Waals surface area contributed by atoms with Gasteiger partial charge in [0.05, 0.1) is 6.07 Å². The minimum atomic E-state index is 0.00431. The van der Waals surface area contributed by atoms with Gasteiger partial charge in [0.1, 0.15) is 4.75 Å². The Hall–Kier alpha value is -0.160. The molecular weight excluding hydrogens is 166 g/mol. The fourth-order valence-electron chi connectivity index (χ4n) is 2.91. The van der Waals surface area contributed by atoms with Crippen molar-refractivity contribution in [2.75, 3.05) is 6.26 Å². The molecule has 0 heterocycles. The van der Waals surface area contributed by atoms with Crippen molar-refractivity contribution in [2.24, 2.45) is 5.41 Å². The van der Waals surface area contributed by atoms with Crippen LogP contribution >= 0.6 is 11.8 Å². The molecule has 0 saturated heterocycles. The Balaban J connectivity index is 2.01. The number of thioether (sulfide) groups is 1. The van der Waals surface area contributed by atoms with Crippen LogP contribution in [0.25, 0.3) is 0 Å². The van der Waals surface area contributed by atoms with Crippen LogP contribution in [0.2, 0.25) is 0 Å². The predicted octanol–water partition coefficient (Wildman–Crippen LogP) is 2.97. The molecule has 0 atom stereocenters. The fraction of sp³-hybridized carbons (Fsp3) is 0.900. The molecular formula is C10H15NS. The van der Waals surface area contributed by atoms with Crippen LogP contribution in [0.3, 0.4) is 0 Å². The molecule has 1 nitrogen and oxygen atoms in total. The summed E-state index contributed by atoms with van der Waals surface area (Å²) in [4.78, 5) is 0. The molecule has 1 spiro atoms. The van der Waals surface area contributed by atoms with Gasteiger partial charge in [-0.25, -0.2) is 0 Å². The van der Waals surface area contributed by atoms with Gasteiger partial charge in [-0.2, -0.15) is 5.26 Å². The zero-order chi connectivity index (χ0) is 8.66. The Bertz CT molecular complexity index is 214. The maximum atomic E-state index is 9.01. The summed E-state index contributed by atoms with van der Waals surface area (Å²) in [6.07, 6.45) is 9.97. The standard InChI is InChI=1S/C10H15NS/c1-12-10(8-11)6-9(7-10)4-2-3-5-9/h2-7H2,1H3. The van der Waals surface area contributed by atoms with E-state index in [-0.39, 0.29) is 4.75 Å². The molecule has 0 aromatic carbocycles. The summed E-state index contributed by atoms with van der Waals surface area (Å²) in [6, 6.07) is 2.48. The van der Waals surface area contributed by atoms with Crippen LogP contribution in [0.1, 0.15) is 38.5 Å². The fourth-order valence-corrected chi connectivity index (χ4v) is 3.90. The molecule has 12 heavy (non-hydrogen) atoms. The Morgan fingerprint density at radius 2 is 1.83 bits per heavy atom. The summed E-state index contributed by atoms with van der Waals surface area (Å²) in [5.74, 6) is 0. The van der Waals surface area contributed by atoms with Crippen LogP contribution in [-0.4, -0.2) is 11.0 Å². The average Bonchev–Trinajstić information content (AvgIpc) is 2.49. The molecule has 0 bridgehead atoms. The first-order valence-electron chi connectivity index (χ1n) is 4.71. The molecule has 66 valence electrons. The monoisotopic (exact) mass is 181 g/mol. The molecule has 2 rings (SSSR count). The first-order valence-corrected chi connectivity index (χ1v) is 5.93. The SMILES string of the molecule is CSC1(C#N)CC2(CCCC2)C1. The summed E-state index contributed by atoms with van der Waals surface area (Å²) < 4.78 is 0.00431. The number of nitriles is 1. The van der Waals surface area contributed by atoms with Crippen LogP contribution in [0.4, 0.5) is 0 Å². The topological polar surface area (TPSA) is 23.8 Å². The highest BCUT2D eigenvalue weighted by Crippen LogP contribution is 2.61. The Morgan fingerprint density at radius 3 is 2.25 bits per heavy atom. The van der Waals surface area contributed by atoms with Crippen molar-refractivity contribution < 1.29 is 0 Å². The molecule has 2 aliphatic rings. The second-order valence-corrected chi connectivity index (χ2v) is 5.56. The van der Waals surface area contributed by atoms with E-state index in [2.05, 4.69) is 12.3 Å². The van der Waals surface area contributed by atoms with Crippen LogP contribution in [-0.2, 0) is 0 Å². The Kier molecular flexibility index (Phi) is 1.88. The summed E-state index contributed by atoms with van der Waals surface area (Å²) in [5, 5.41) is 9.01. The van der Waals surface area contributed by atoms with E-state index in [9.17, 15) is 0 Å². The van der Waals surface area contributed by atoms with Crippen molar-refractivity contribution in [3.8, 4) is 6.07 Å². The van der Waals surface area contributed by atoms with E-state index >= 15 is 0 Å². The van der Waals surface area contributed by atoms with Gasteiger partial charge in [-0.3, -0.25) is 0 Å². The highest BCUT2D eigenvalue weighted by molar-refractivity contribution is 8.00. The van der Waals surface area contributed by atoms with E-state index in [1.54, 1.807) is 11.8 Å². The minimum Gasteiger partial charge on any atom is -0.197 e. The van der Waals surface area contributed by atoms with Gasteiger partial charge in [0.25, 0.3) is 0 Å². The second-order valence-electron chi connectivity index (χ2n) is 4.37. The van der Waals surface area contributed by atoms with Gasteiger partial charge < -0.3 is 0 Å². The molecule has 2 fully saturated rings. The van der Waals surface area contributed by atoms with Crippen molar-refractivity contribution in [2.45, 2.75) is 43.3 Å². The van der Waals surface area contributed by atoms with Crippen molar-refractivity contribution >= 4 is 11.8 Å². The number of hydrogen-bond acceptors (Lipinski definition) is 2. The zero-order valence-electron chi connectivity index (χ0n) is 7.60. The lowest BCUT2D eigenvalue weighted by Crippen LogP contribution is -2.47. The summed E-state index contributed by atoms with van der Waals surface area (Å²) in [7, 11) is 0. The molecule has 0 amide bonds. The molecule has 0 aromatic heterocycles. The molecule has 0 N–H and O–H groups in total. The van der Waals surface area contributed by atoms with E-state index in [0.29, 0.717) is 5.41 Å². The largest absolute Gasteiger partial charge is 0.197 e. The minimum absolute atomic E-state index is 0.00431. The number of hydrogen-bond donors (Lipinski definition) is 0. The van der Waals surface area contributed by atoms with Gasteiger partial charge in [0, 0.05) is 0 Å². The second kappa shape index (κ2) is 2.67. The Labute approximate surface area is 78.5 Å². The van der Waals surface area contributed by atoms with Crippen molar-refractivity contribution in [1.29, 1.82) is 5.26 Å². The zero-order valence-corrected chi connectivity index (χ0v) is 8.41. The first kappa shape index (κ1) is 8.44. The van der Waals surface area contributed by atoms with Crippen molar-refractivity contribution in [3.63, 3.8) is 0 Å². The summed E-state index contributed by atoms with van der Waals surface area (Å²) >= 11 is 1.76. The van der Waals surface area contributed by atoms with E-state index in [1.165, 1.54) is 25.7 Å². The number of rotatable bonds is 1. The molecule has 2 heteroatoms. The predicted molar refractivity (Wildman–Crippen MR) is 52.0 cm³/mol. The number of nitrogens with zero attached hydrogens (tertiary/aromatic N) is 1. The maximum Gasteiger partial charge on any atom is 0.103 e. The van der Waals surface area contributed by atoms with Crippen molar-refractivity contribution in [1.82, 2.24) is 0 Å². The molecule has 0 aliphatic heterocycles. The van der Waals surface area contributed by atoms with E-state index < -0.39 is 0 Å². The lowest BCUT2D eigenvalue weighted by Gasteiger charge is -2.50. The molecule has 2 aliphatic carbocycles. The third-order valence-corrected chi connectivity index (χ3v) is 4.74. The van der Waals surface area contributed by atoms with E-state index in [0.717, 1.165) is 12.8 Å². The molecule has 0 radical (unpaired) electrons. The highest BCUT2D eigenvalue weighted by atomic mass is 32.2. The lowest BCUT2D eigenvalue weighted by molar-refractivity contribution is 0.119. The van der Waals surface area contributed by atoms with Gasteiger partial charge in [-0.1, -0.05) is 12.8 Å². The molecule has 0 aromatic rings. The third kappa shape index (κ3) is 1.07. The van der Waals surface area contributed by atoms with Crippen LogP contribution in [0.15, 0.2) is 0 Å². The van der Waals surface area contributed by atoms with E-state index in [1.807, 2.05) is 0 Å². The van der Waals surface area contributed by atoms with Gasteiger partial charge in [-0.05, 0) is 37.4 Å². The van der Waals surface area contributed by atoms with Gasteiger partial charge >= 0.3 is 0 Å². The van der Waals surface area contributed by atoms with Gasteiger partial charge in [-0.15, -0.1) is 11.8 Å². The van der Waals surface area contributed by atoms with Crippen LogP contribution in [0.5, 0.6) is 0 Å². The first-order chi connectivity index (χ1) is 5.74. The summed E-state index contributed by atoms with van der Waals surface area (Å²) in [5.41, 5.74) is 0.610. The quantitative estimate of drug-likeness (QED) is 0.621. The van der Waals surface area contributed by atoms with Crippen LogP contribution < -0.4 is 0 Å². The highest BCUT2D eigenvalue weighted by Gasteiger charge is 2.55. The molecule has 2 saturated carbocycles. The van der Waals surface area contributed by atoms with Crippen LogP contribution in [0, 0.1) is 16.7 Å². The van der Waals surface area contributed by atoms with Crippen molar-refractivity contribution in [3.05, 3.63) is 0 Å². The van der Waals surface area contributed by atoms with Gasteiger partial charge in [0.15, 0.2) is 0 Å². The normalized spacial score (nSPS) is 29.7. The van der Waals surface area contributed by atoms with Gasteiger partial charge in [0.2, 0.25) is 0 Å². The lowest BCUT2D eigenvalue weighted by atomic mass is 9.61. The summed E-state index contributed by atoms with van der Waals surface area (Å²) in [6.45, 7) is 0. The maximum absolute atomic E-state index is 9.01. The Morgan fingerprint density at radius 1 is 1.25 bits per heavy atom. The smallest absolute Gasteiger partial charge is 0.103 e. The van der Waals surface area contributed by atoms with E-state index in [4.69, 9.17) is 5.26 Å².